The molecule has 4 aromatic rings. The van der Waals surface area contributed by atoms with Crippen LogP contribution in [0.2, 0.25) is 0 Å². The Bertz CT molecular complexity index is 1890. The summed E-state index contributed by atoms with van der Waals surface area (Å²) in [6.07, 6.45) is 1.68. The number of furan rings is 1. The molecule has 0 spiro atoms. The van der Waals surface area contributed by atoms with E-state index >= 15 is 0 Å². The van der Waals surface area contributed by atoms with Crippen molar-refractivity contribution in [1.82, 2.24) is 4.57 Å². The van der Waals surface area contributed by atoms with Gasteiger partial charge < -0.3 is 18.8 Å². The third-order valence-corrected chi connectivity index (χ3v) is 8.04. The number of hydrogen-bond acceptors (Lipinski definition) is 9. The topological polar surface area (TPSA) is 103 Å². The van der Waals surface area contributed by atoms with Gasteiger partial charge in [0.05, 0.1) is 41.1 Å². The molecule has 2 aromatic heterocycles. The Kier molecular flexibility index (Phi) is 8.00. The number of aromatic nitrogens is 1. The largest absolute Gasteiger partial charge is 0.465 e. The summed E-state index contributed by atoms with van der Waals surface area (Å²) in [7, 11) is 5.24. The Morgan fingerprint density at radius 3 is 2.45 bits per heavy atom. The summed E-state index contributed by atoms with van der Waals surface area (Å²) in [5.41, 5.74) is 4.44. The van der Waals surface area contributed by atoms with Crippen LogP contribution >= 0.6 is 11.3 Å². The molecule has 0 saturated carbocycles. The molecule has 0 amide bonds. The van der Waals surface area contributed by atoms with Crippen molar-refractivity contribution in [1.29, 1.82) is 0 Å². The van der Waals surface area contributed by atoms with Crippen LogP contribution in [0.4, 0.5) is 5.69 Å². The molecule has 0 fully saturated rings. The fourth-order valence-corrected chi connectivity index (χ4v) is 5.98. The molecule has 0 bridgehead atoms. The lowest BCUT2D eigenvalue weighted by molar-refractivity contribution is -0.139. The average molecular weight is 586 g/mol. The molecule has 0 unspecified atom stereocenters. The fourth-order valence-electron chi connectivity index (χ4n) is 4.95. The van der Waals surface area contributed by atoms with Gasteiger partial charge in [0, 0.05) is 31.4 Å². The quantitative estimate of drug-likeness (QED) is 0.299. The van der Waals surface area contributed by atoms with Gasteiger partial charge in [0.25, 0.3) is 5.56 Å². The van der Waals surface area contributed by atoms with Gasteiger partial charge in [-0.05, 0) is 68.3 Å². The number of nitrogens with zero attached hydrogens (tertiary/aromatic N) is 3. The summed E-state index contributed by atoms with van der Waals surface area (Å²) >= 11 is 1.23. The number of benzene rings is 2. The van der Waals surface area contributed by atoms with E-state index in [9.17, 15) is 14.4 Å². The molecule has 1 aliphatic rings. The minimum absolute atomic E-state index is 0.206. The maximum Gasteiger partial charge on any atom is 0.338 e. The first-order chi connectivity index (χ1) is 20.1. The second-order valence-corrected chi connectivity index (χ2v) is 11.0. The summed E-state index contributed by atoms with van der Waals surface area (Å²) in [5.74, 6) is 0.176. The number of fused-ring (bicyclic) bond motifs is 1. The van der Waals surface area contributed by atoms with Crippen molar-refractivity contribution in [2.24, 2.45) is 4.99 Å². The number of rotatable bonds is 7. The highest BCUT2D eigenvalue weighted by Gasteiger charge is 2.33. The van der Waals surface area contributed by atoms with Gasteiger partial charge in [-0.1, -0.05) is 29.5 Å². The van der Waals surface area contributed by atoms with Crippen LogP contribution in [0.5, 0.6) is 0 Å². The van der Waals surface area contributed by atoms with Gasteiger partial charge in [0.2, 0.25) is 0 Å². The number of thiazole rings is 1. The first-order valence-electron chi connectivity index (χ1n) is 13.4. The lowest BCUT2D eigenvalue weighted by Gasteiger charge is -2.25. The standard InChI is InChI=1S/C32H31N3O6S/c1-7-40-31(38)27-19(3)33-32-35(28(27)20-8-11-22(12-9-20)34(4)5)29(36)26(42-32)17-23-13-15-25(41-23)24-14-10-21(16-18(24)2)30(37)39-6/h8-17,28H,7H2,1-6H3/b26-17+/t28-/m0/s1. The lowest BCUT2D eigenvalue weighted by Crippen LogP contribution is -2.39. The zero-order valence-electron chi connectivity index (χ0n) is 24.3. The monoisotopic (exact) mass is 585 g/mol. The molecule has 216 valence electrons. The van der Waals surface area contributed by atoms with Gasteiger partial charge >= 0.3 is 11.9 Å². The predicted octanol–water partition coefficient (Wildman–Crippen LogP) is 4.22. The van der Waals surface area contributed by atoms with E-state index in [4.69, 9.17) is 13.9 Å². The number of hydrogen-bond donors (Lipinski definition) is 0. The van der Waals surface area contributed by atoms with E-state index in [0.29, 0.717) is 37.7 Å². The summed E-state index contributed by atoms with van der Waals surface area (Å²) in [6.45, 7) is 5.60. The average Bonchev–Trinajstić information content (AvgIpc) is 3.55. The van der Waals surface area contributed by atoms with Crippen LogP contribution in [0.15, 0.2) is 80.1 Å². The van der Waals surface area contributed by atoms with Crippen LogP contribution in [-0.4, -0.2) is 44.3 Å². The molecular weight excluding hydrogens is 554 g/mol. The molecule has 10 heteroatoms. The maximum atomic E-state index is 13.9. The predicted molar refractivity (Wildman–Crippen MR) is 161 cm³/mol. The van der Waals surface area contributed by atoms with Gasteiger partial charge in [-0.25, -0.2) is 14.6 Å². The first-order valence-corrected chi connectivity index (χ1v) is 14.2. The Morgan fingerprint density at radius 1 is 1.07 bits per heavy atom. The van der Waals surface area contributed by atoms with Gasteiger partial charge in [-0.2, -0.15) is 0 Å². The van der Waals surface area contributed by atoms with Crippen molar-refractivity contribution in [3.8, 4) is 11.3 Å². The lowest BCUT2D eigenvalue weighted by atomic mass is 9.95. The minimum Gasteiger partial charge on any atom is -0.465 e. The third kappa shape index (κ3) is 5.33. The number of ether oxygens (including phenoxy) is 2. The van der Waals surface area contributed by atoms with Crippen LogP contribution in [0.3, 0.4) is 0 Å². The second-order valence-electron chi connectivity index (χ2n) is 10.0. The molecule has 0 aliphatic carbocycles. The van der Waals surface area contributed by atoms with E-state index in [1.54, 1.807) is 48.8 Å². The van der Waals surface area contributed by atoms with E-state index < -0.39 is 18.0 Å². The maximum absolute atomic E-state index is 13.9. The van der Waals surface area contributed by atoms with Crippen molar-refractivity contribution in [2.75, 3.05) is 32.7 Å². The van der Waals surface area contributed by atoms with E-state index in [1.807, 2.05) is 56.3 Å². The SMILES string of the molecule is CCOC(=O)C1=C(C)N=c2s/c(=C/c3ccc(-c4ccc(C(=O)OC)cc4C)o3)c(=O)n2[C@H]1c1ccc(N(C)C)cc1. The summed E-state index contributed by atoms with van der Waals surface area (Å²) in [5, 5.41) is 0. The molecule has 0 N–H and O–H groups in total. The third-order valence-electron chi connectivity index (χ3n) is 7.06. The smallest absolute Gasteiger partial charge is 0.338 e. The molecule has 5 rings (SSSR count). The highest BCUT2D eigenvalue weighted by atomic mass is 32.1. The normalized spacial score (nSPS) is 14.8. The highest BCUT2D eigenvalue weighted by molar-refractivity contribution is 7.07. The van der Waals surface area contributed by atoms with Gasteiger partial charge in [-0.15, -0.1) is 0 Å². The minimum atomic E-state index is -0.693. The number of esters is 2. The number of anilines is 1. The van der Waals surface area contributed by atoms with Crippen LogP contribution in [0, 0.1) is 6.92 Å². The Morgan fingerprint density at radius 2 is 1.81 bits per heavy atom. The number of allylic oxidation sites excluding steroid dienone is 1. The number of carbonyl (C=O) groups is 2. The van der Waals surface area contributed by atoms with Gasteiger partial charge in [-0.3, -0.25) is 9.36 Å². The zero-order chi connectivity index (χ0) is 30.1. The molecule has 1 atom stereocenters. The van der Waals surface area contributed by atoms with Crippen LogP contribution in [-0.2, 0) is 14.3 Å². The number of aryl methyl sites for hydroxylation is 1. The summed E-state index contributed by atoms with van der Waals surface area (Å²) in [6, 6.07) is 15.9. The molecule has 2 aromatic carbocycles. The Labute approximate surface area is 246 Å². The molecule has 3 heterocycles. The molecule has 0 radical (unpaired) electrons. The number of carbonyl (C=O) groups excluding carboxylic acids is 2. The van der Waals surface area contributed by atoms with Gasteiger partial charge in [0.1, 0.15) is 11.5 Å². The summed E-state index contributed by atoms with van der Waals surface area (Å²) < 4.78 is 18.3. The van der Waals surface area contributed by atoms with Crippen molar-refractivity contribution < 1.29 is 23.5 Å². The molecule has 9 nitrogen and oxygen atoms in total. The second kappa shape index (κ2) is 11.7. The Hall–Kier alpha value is -4.70. The van der Waals surface area contributed by atoms with Crippen molar-refractivity contribution in [3.05, 3.63) is 108 Å². The molecular formula is C32H31N3O6S. The number of methoxy groups -OCH3 is 1. The van der Waals surface area contributed by atoms with Crippen LogP contribution in [0.1, 0.15) is 47.1 Å². The fraction of sp³-hybridized carbons (Fsp3) is 0.250. The molecule has 1 aliphatic heterocycles. The van der Waals surface area contributed by atoms with Crippen LogP contribution < -0.4 is 19.8 Å². The van der Waals surface area contributed by atoms with Crippen molar-refractivity contribution >= 4 is 35.0 Å². The van der Waals surface area contributed by atoms with Crippen LogP contribution in [0.25, 0.3) is 17.4 Å². The highest BCUT2D eigenvalue weighted by Crippen LogP contribution is 2.32. The Balaban J connectivity index is 1.58. The van der Waals surface area contributed by atoms with Gasteiger partial charge in [0.15, 0.2) is 4.80 Å². The summed E-state index contributed by atoms with van der Waals surface area (Å²) in [4.78, 5) is 46.0. The van der Waals surface area contributed by atoms with Crippen molar-refractivity contribution in [3.63, 3.8) is 0 Å². The zero-order valence-corrected chi connectivity index (χ0v) is 25.1. The van der Waals surface area contributed by atoms with Crippen molar-refractivity contribution in [2.45, 2.75) is 26.8 Å². The van der Waals surface area contributed by atoms with E-state index in [1.165, 1.54) is 18.4 Å². The molecule has 0 saturated heterocycles. The van der Waals surface area contributed by atoms with E-state index in [-0.39, 0.29) is 12.2 Å². The van der Waals surface area contributed by atoms with E-state index in [2.05, 4.69) is 4.99 Å². The molecule has 42 heavy (non-hydrogen) atoms. The van der Waals surface area contributed by atoms with E-state index in [0.717, 1.165) is 22.4 Å². The first kappa shape index (κ1) is 28.8.